The third-order valence-electron chi connectivity index (χ3n) is 8.14. The van der Waals surface area contributed by atoms with Crippen molar-refractivity contribution in [2.24, 2.45) is 0 Å². The van der Waals surface area contributed by atoms with Crippen molar-refractivity contribution < 1.29 is 0 Å². The lowest BCUT2D eigenvalue weighted by molar-refractivity contribution is 1.21. The van der Waals surface area contributed by atoms with Crippen LogP contribution in [0.25, 0.3) is 27.1 Å². The summed E-state index contributed by atoms with van der Waals surface area (Å²) in [6.07, 6.45) is 14.8. The van der Waals surface area contributed by atoms with Crippen LogP contribution in [0.3, 0.4) is 0 Å². The van der Waals surface area contributed by atoms with Gasteiger partial charge in [-0.3, -0.25) is 0 Å². The lowest BCUT2D eigenvalue weighted by atomic mass is 10.0. The SMILES string of the molecule is C=C/C(=C\C=C\N(C(/C=C\C)=C/CI)c1cccc2ccccc12)c1ccc(N(c2ccccc2)c2cccc3ccccc23)cc1. The highest BCUT2D eigenvalue weighted by molar-refractivity contribution is 14.1. The molecule has 0 radical (unpaired) electrons. The molecule has 6 aromatic carbocycles. The second kappa shape index (κ2) is 15.4. The maximum atomic E-state index is 4.17. The van der Waals surface area contributed by atoms with E-state index in [1.165, 1.54) is 21.5 Å². The van der Waals surface area contributed by atoms with E-state index < -0.39 is 0 Å². The number of hydrogen-bond donors (Lipinski definition) is 0. The van der Waals surface area contributed by atoms with Crippen molar-refractivity contribution in [3.05, 3.63) is 200 Å². The van der Waals surface area contributed by atoms with E-state index >= 15 is 0 Å². The van der Waals surface area contributed by atoms with E-state index in [4.69, 9.17) is 0 Å². The average Bonchev–Trinajstić information content (AvgIpc) is 3.13. The Bertz CT molecular complexity index is 2090. The van der Waals surface area contributed by atoms with E-state index in [9.17, 15) is 0 Å². The maximum Gasteiger partial charge on any atom is 0.0540 e. The van der Waals surface area contributed by atoms with Crippen molar-refractivity contribution in [1.29, 1.82) is 0 Å². The number of hydrogen-bond acceptors (Lipinski definition) is 2. The summed E-state index contributed by atoms with van der Waals surface area (Å²) in [5.41, 5.74) is 7.78. The van der Waals surface area contributed by atoms with Crippen molar-refractivity contribution in [1.82, 2.24) is 0 Å². The molecule has 0 bridgehead atoms. The molecule has 0 aliphatic heterocycles. The quantitative estimate of drug-likeness (QED) is 0.0747. The molecule has 0 saturated heterocycles. The number of anilines is 4. The minimum absolute atomic E-state index is 0.908. The predicted octanol–water partition coefficient (Wildman–Crippen LogP) is 12.9. The Morgan fingerprint density at radius 1 is 0.660 bits per heavy atom. The molecule has 6 rings (SSSR count). The van der Waals surface area contributed by atoms with Gasteiger partial charge in [0.1, 0.15) is 0 Å². The lowest BCUT2D eigenvalue weighted by Crippen LogP contribution is -2.14. The zero-order valence-corrected chi connectivity index (χ0v) is 28.7. The van der Waals surface area contributed by atoms with Gasteiger partial charge in [0, 0.05) is 38.5 Å². The van der Waals surface area contributed by atoms with E-state index in [2.05, 4.69) is 222 Å². The van der Waals surface area contributed by atoms with Gasteiger partial charge in [-0.1, -0.05) is 157 Å². The van der Waals surface area contributed by atoms with Crippen LogP contribution in [-0.2, 0) is 0 Å². The van der Waals surface area contributed by atoms with E-state index in [-0.39, 0.29) is 0 Å². The van der Waals surface area contributed by atoms with E-state index in [0.29, 0.717) is 0 Å². The Morgan fingerprint density at radius 3 is 1.87 bits per heavy atom. The molecule has 0 N–H and O–H groups in total. The molecular weight excluding hydrogens is 683 g/mol. The molecule has 0 spiro atoms. The standard InChI is InChI=1S/C44H37IN2/c1-3-15-38(31-32-45)46(43-25-12-18-36-16-8-10-23-41(36)43)33-14-20-34(4-2)35-27-29-40(30-28-35)47(39-21-6-5-7-22-39)44-26-13-19-37-17-9-11-24-42(37)44/h3-31,33H,2,32H2,1H3/b15-3-,33-14+,34-20+,38-31+. The maximum absolute atomic E-state index is 4.17. The van der Waals surface area contributed by atoms with Crippen molar-refractivity contribution in [3.63, 3.8) is 0 Å². The Balaban J connectivity index is 1.36. The zero-order valence-electron chi connectivity index (χ0n) is 26.5. The van der Waals surface area contributed by atoms with Crippen molar-refractivity contribution in [2.75, 3.05) is 14.2 Å². The van der Waals surface area contributed by atoms with Gasteiger partial charge in [0.2, 0.25) is 0 Å². The number of allylic oxidation sites excluding steroid dienone is 7. The summed E-state index contributed by atoms with van der Waals surface area (Å²) in [4.78, 5) is 4.59. The summed E-state index contributed by atoms with van der Waals surface area (Å²) in [5, 5.41) is 4.86. The molecule has 0 atom stereocenters. The second-order valence-corrected chi connectivity index (χ2v) is 11.9. The van der Waals surface area contributed by atoms with Gasteiger partial charge >= 0.3 is 0 Å². The number of rotatable bonds is 11. The molecule has 0 aliphatic rings. The molecule has 6 aromatic rings. The molecular formula is C44H37IN2. The molecule has 0 aliphatic carbocycles. The van der Waals surface area contributed by atoms with E-state index in [0.717, 1.165) is 44.0 Å². The van der Waals surface area contributed by atoms with Gasteiger partial charge in [0.15, 0.2) is 0 Å². The largest absolute Gasteiger partial charge is 0.317 e. The van der Waals surface area contributed by atoms with Crippen LogP contribution in [0, 0.1) is 0 Å². The van der Waals surface area contributed by atoms with Crippen LogP contribution in [-0.4, -0.2) is 4.43 Å². The average molecular weight is 721 g/mol. The van der Waals surface area contributed by atoms with Crippen molar-refractivity contribution in [3.8, 4) is 0 Å². The van der Waals surface area contributed by atoms with Gasteiger partial charge in [0.25, 0.3) is 0 Å². The van der Waals surface area contributed by atoms with Gasteiger partial charge < -0.3 is 9.80 Å². The van der Waals surface area contributed by atoms with Crippen LogP contribution in [0.5, 0.6) is 0 Å². The summed E-state index contributed by atoms with van der Waals surface area (Å²) in [5.74, 6) is 0. The molecule has 0 unspecified atom stereocenters. The number of fused-ring (bicyclic) bond motifs is 2. The van der Waals surface area contributed by atoms with Gasteiger partial charge in [-0.2, -0.15) is 0 Å². The predicted molar refractivity (Wildman–Crippen MR) is 214 cm³/mol. The Morgan fingerprint density at radius 2 is 1.23 bits per heavy atom. The fourth-order valence-corrected chi connectivity index (χ4v) is 6.40. The first-order valence-corrected chi connectivity index (χ1v) is 17.3. The highest BCUT2D eigenvalue weighted by atomic mass is 127. The summed E-state index contributed by atoms with van der Waals surface area (Å²) in [7, 11) is 0. The summed E-state index contributed by atoms with van der Waals surface area (Å²) in [6.45, 7) is 6.23. The summed E-state index contributed by atoms with van der Waals surface area (Å²) >= 11 is 2.40. The fourth-order valence-electron chi connectivity index (χ4n) is 5.95. The van der Waals surface area contributed by atoms with Crippen LogP contribution in [0.1, 0.15) is 12.5 Å². The minimum Gasteiger partial charge on any atom is -0.317 e. The Kier molecular flexibility index (Phi) is 10.5. The topological polar surface area (TPSA) is 6.48 Å². The van der Waals surface area contributed by atoms with Crippen LogP contribution < -0.4 is 9.80 Å². The molecule has 0 saturated carbocycles. The Hall–Kier alpha value is -5.13. The van der Waals surface area contributed by atoms with Gasteiger partial charge in [-0.15, -0.1) is 0 Å². The second-order valence-electron chi connectivity index (χ2n) is 11.0. The Labute approximate surface area is 292 Å². The normalized spacial score (nSPS) is 12.3. The third kappa shape index (κ3) is 7.16. The molecule has 0 amide bonds. The molecule has 47 heavy (non-hydrogen) atoms. The van der Waals surface area contributed by atoms with Crippen LogP contribution in [0.15, 0.2) is 194 Å². The number of halogens is 1. The molecule has 0 fully saturated rings. The van der Waals surface area contributed by atoms with Crippen LogP contribution in [0.2, 0.25) is 0 Å². The van der Waals surface area contributed by atoms with Gasteiger partial charge in [-0.05, 0) is 77.4 Å². The van der Waals surface area contributed by atoms with E-state index in [1.54, 1.807) is 0 Å². The number of benzene rings is 6. The number of nitrogens with zero attached hydrogens (tertiary/aromatic N) is 2. The van der Waals surface area contributed by atoms with Crippen molar-refractivity contribution >= 4 is 72.5 Å². The van der Waals surface area contributed by atoms with Gasteiger partial charge in [0.05, 0.1) is 11.4 Å². The monoisotopic (exact) mass is 720 g/mol. The molecule has 0 heterocycles. The first-order chi connectivity index (χ1) is 23.2. The highest BCUT2D eigenvalue weighted by Gasteiger charge is 2.15. The molecule has 3 heteroatoms. The first kappa shape index (κ1) is 31.8. The molecule has 2 nitrogen and oxygen atoms in total. The van der Waals surface area contributed by atoms with Crippen LogP contribution in [0.4, 0.5) is 22.7 Å². The first-order valence-electron chi connectivity index (χ1n) is 15.8. The summed E-state index contributed by atoms with van der Waals surface area (Å²) < 4.78 is 0.908. The smallest absolute Gasteiger partial charge is 0.0540 e. The minimum atomic E-state index is 0.908. The van der Waals surface area contributed by atoms with E-state index in [1.807, 2.05) is 6.08 Å². The lowest BCUT2D eigenvalue weighted by Gasteiger charge is -2.27. The zero-order chi connectivity index (χ0) is 32.4. The summed E-state index contributed by atoms with van der Waals surface area (Å²) in [6, 6.07) is 49.4. The molecule has 230 valence electrons. The third-order valence-corrected chi connectivity index (χ3v) is 8.58. The number of alkyl halides is 1. The fraction of sp³-hybridized carbons (Fsp3) is 0.0455. The highest BCUT2D eigenvalue weighted by Crippen LogP contribution is 2.39. The van der Waals surface area contributed by atoms with Crippen LogP contribution >= 0.6 is 22.6 Å². The van der Waals surface area contributed by atoms with Crippen molar-refractivity contribution in [2.45, 2.75) is 6.92 Å². The number of para-hydroxylation sites is 1. The van der Waals surface area contributed by atoms with Gasteiger partial charge in [-0.25, -0.2) is 0 Å². The molecule has 0 aromatic heterocycles.